The van der Waals surface area contributed by atoms with Crippen LogP contribution in [0, 0.1) is 0 Å². The second-order valence-corrected chi connectivity index (χ2v) is 5.11. The Hall–Kier alpha value is -2.83. The van der Waals surface area contributed by atoms with E-state index in [1.807, 2.05) is 0 Å². The fraction of sp³-hybridized carbons (Fsp3) is 0.267. The third-order valence-corrected chi connectivity index (χ3v) is 2.73. The quantitative estimate of drug-likeness (QED) is 0.502. The molecular weight excluding hydrogens is 288 g/mol. The molecule has 0 aliphatic carbocycles. The average molecular weight is 304 g/mol. The van der Waals surface area contributed by atoms with Crippen LogP contribution in [0.3, 0.4) is 0 Å². The predicted molar refractivity (Wildman–Crippen MR) is 78.7 cm³/mol. The maximum atomic E-state index is 11.8. The number of benzene rings is 1. The van der Waals surface area contributed by atoms with Crippen LogP contribution < -0.4 is 10.6 Å². The SMILES string of the molecule is CC(=O)Nc1ccccc1NC=C1C(=O)OC(C)(C)OC1=O. The molecule has 0 radical (unpaired) electrons. The molecule has 1 amide bonds. The van der Waals surface area contributed by atoms with Crippen molar-refractivity contribution in [3.63, 3.8) is 0 Å². The summed E-state index contributed by atoms with van der Waals surface area (Å²) in [5, 5.41) is 5.43. The van der Waals surface area contributed by atoms with Crippen LogP contribution in [-0.2, 0) is 23.9 Å². The topological polar surface area (TPSA) is 93.7 Å². The van der Waals surface area contributed by atoms with Crippen LogP contribution in [0.15, 0.2) is 36.0 Å². The Kier molecular flexibility index (Phi) is 4.16. The van der Waals surface area contributed by atoms with Crippen LogP contribution in [0.5, 0.6) is 0 Å². The van der Waals surface area contributed by atoms with E-state index < -0.39 is 17.7 Å². The number of rotatable bonds is 3. The highest BCUT2D eigenvalue weighted by atomic mass is 16.7. The molecule has 0 bridgehead atoms. The molecule has 2 N–H and O–H groups in total. The first kappa shape index (κ1) is 15.6. The van der Waals surface area contributed by atoms with Crippen LogP contribution in [-0.4, -0.2) is 23.6 Å². The van der Waals surface area contributed by atoms with Crippen molar-refractivity contribution in [3.8, 4) is 0 Å². The molecule has 0 saturated carbocycles. The van der Waals surface area contributed by atoms with Gasteiger partial charge in [-0.05, 0) is 12.1 Å². The highest BCUT2D eigenvalue weighted by molar-refractivity contribution is 6.15. The zero-order valence-electron chi connectivity index (χ0n) is 12.4. The Labute approximate surface area is 127 Å². The fourth-order valence-corrected chi connectivity index (χ4v) is 1.84. The van der Waals surface area contributed by atoms with Gasteiger partial charge in [-0.15, -0.1) is 0 Å². The van der Waals surface area contributed by atoms with Gasteiger partial charge in [-0.3, -0.25) is 4.79 Å². The van der Waals surface area contributed by atoms with E-state index in [9.17, 15) is 14.4 Å². The van der Waals surface area contributed by atoms with Crippen molar-refractivity contribution in [3.05, 3.63) is 36.0 Å². The molecule has 116 valence electrons. The lowest BCUT2D eigenvalue weighted by atomic mass is 10.2. The molecule has 2 rings (SSSR count). The average Bonchev–Trinajstić information content (AvgIpc) is 2.37. The number of nitrogens with one attached hydrogen (secondary N) is 2. The van der Waals surface area contributed by atoms with Crippen LogP contribution in [0.4, 0.5) is 11.4 Å². The normalized spacial score (nSPS) is 16.4. The minimum Gasteiger partial charge on any atom is -0.419 e. The Bertz CT molecular complexity index is 642. The largest absolute Gasteiger partial charge is 0.419 e. The van der Waals surface area contributed by atoms with E-state index in [2.05, 4.69) is 10.6 Å². The number of hydrogen-bond donors (Lipinski definition) is 2. The molecule has 1 aromatic rings. The molecule has 22 heavy (non-hydrogen) atoms. The number of carbonyl (C=O) groups excluding carboxylic acids is 3. The molecule has 7 nitrogen and oxygen atoms in total. The first-order chi connectivity index (χ1) is 10.3. The van der Waals surface area contributed by atoms with Crippen LogP contribution >= 0.6 is 0 Å². The van der Waals surface area contributed by atoms with E-state index in [-0.39, 0.29) is 11.5 Å². The lowest BCUT2D eigenvalue weighted by molar-refractivity contribution is -0.222. The van der Waals surface area contributed by atoms with Gasteiger partial charge < -0.3 is 20.1 Å². The Morgan fingerprint density at radius 1 is 1.09 bits per heavy atom. The second kappa shape index (κ2) is 5.88. The number of para-hydroxylation sites is 2. The Balaban J connectivity index is 2.20. The first-order valence-electron chi connectivity index (χ1n) is 6.58. The fourth-order valence-electron chi connectivity index (χ4n) is 1.84. The van der Waals surface area contributed by atoms with E-state index in [0.717, 1.165) is 0 Å². The van der Waals surface area contributed by atoms with Crippen LogP contribution in [0.1, 0.15) is 20.8 Å². The number of ether oxygens (including phenoxy) is 2. The van der Waals surface area contributed by atoms with Gasteiger partial charge >= 0.3 is 11.9 Å². The summed E-state index contributed by atoms with van der Waals surface area (Å²) in [6.45, 7) is 4.32. The van der Waals surface area contributed by atoms with Gasteiger partial charge in [0.2, 0.25) is 5.91 Å². The molecule has 1 fully saturated rings. The zero-order chi connectivity index (χ0) is 16.3. The Morgan fingerprint density at radius 2 is 1.64 bits per heavy atom. The molecule has 0 atom stereocenters. The summed E-state index contributed by atoms with van der Waals surface area (Å²) >= 11 is 0. The lowest BCUT2D eigenvalue weighted by Crippen LogP contribution is -2.42. The van der Waals surface area contributed by atoms with Crippen molar-refractivity contribution >= 4 is 29.2 Å². The lowest BCUT2D eigenvalue weighted by Gasteiger charge is -2.29. The number of anilines is 2. The summed E-state index contributed by atoms with van der Waals surface area (Å²) in [7, 11) is 0. The highest BCUT2D eigenvalue weighted by Gasteiger charge is 2.38. The summed E-state index contributed by atoms with van der Waals surface area (Å²) in [5.74, 6) is -3.06. The van der Waals surface area contributed by atoms with Crippen molar-refractivity contribution in [1.29, 1.82) is 0 Å². The minimum absolute atomic E-state index is 0.236. The van der Waals surface area contributed by atoms with Crippen molar-refractivity contribution in [2.75, 3.05) is 10.6 Å². The molecule has 1 aliphatic rings. The number of hydrogen-bond acceptors (Lipinski definition) is 6. The molecule has 0 aromatic heterocycles. The van der Waals surface area contributed by atoms with Gasteiger partial charge in [0.1, 0.15) is 0 Å². The van der Waals surface area contributed by atoms with Gasteiger partial charge in [-0.25, -0.2) is 9.59 Å². The van der Waals surface area contributed by atoms with Crippen LogP contribution in [0.25, 0.3) is 0 Å². The van der Waals surface area contributed by atoms with E-state index in [1.54, 1.807) is 24.3 Å². The van der Waals surface area contributed by atoms with Gasteiger partial charge in [0.25, 0.3) is 5.79 Å². The summed E-state index contributed by atoms with van der Waals surface area (Å²) in [6, 6.07) is 6.86. The number of amides is 1. The summed E-state index contributed by atoms with van der Waals surface area (Å²) in [5.41, 5.74) is 0.789. The molecule has 0 spiro atoms. The summed E-state index contributed by atoms with van der Waals surface area (Å²) < 4.78 is 9.96. The zero-order valence-corrected chi connectivity index (χ0v) is 12.4. The maximum absolute atomic E-state index is 11.8. The molecule has 1 saturated heterocycles. The molecule has 1 aromatic carbocycles. The van der Waals surface area contributed by atoms with E-state index in [0.29, 0.717) is 11.4 Å². The predicted octanol–water partition coefficient (Wildman–Crippen LogP) is 1.78. The summed E-state index contributed by atoms with van der Waals surface area (Å²) in [6.07, 6.45) is 1.19. The standard InChI is InChI=1S/C15H16N2O5/c1-9(18)17-12-7-5-4-6-11(12)16-8-10-13(19)21-15(2,3)22-14(10)20/h4-8,16H,1-3H3,(H,17,18). The monoisotopic (exact) mass is 304 g/mol. The van der Waals surface area contributed by atoms with E-state index in [4.69, 9.17) is 9.47 Å². The van der Waals surface area contributed by atoms with Crippen molar-refractivity contribution in [2.45, 2.75) is 26.6 Å². The third-order valence-electron chi connectivity index (χ3n) is 2.73. The number of esters is 2. The third kappa shape index (κ3) is 3.63. The Morgan fingerprint density at radius 3 is 2.18 bits per heavy atom. The highest BCUT2D eigenvalue weighted by Crippen LogP contribution is 2.24. The van der Waals surface area contributed by atoms with E-state index >= 15 is 0 Å². The maximum Gasteiger partial charge on any atom is 0.350 e. The van der Waals surface area contributed by atoms with Crippen molar-refractivity contribution in [1.82, 2.24) is 0 Å². The molecule has 0 unspecified atom stereocenters. The van der Waals surface area contributed by atoms with E-state index in [1.165, 1.54) is 27.0 Å². The molecular formula is C15H16N2O5. The van der Waals surface area contributed by atoms with Gasteiger partial charge in [-0.2, -0.15) is 0 Å². The van der Waals surface area contributed by atoms with Gasteiger partial charge in [0.05, 0.1) is 11.4 Å². The molecule has 1 aliphatic heterocycles. The van der Waals surface area contributed by atoms with Crippen LogP contribution in [0.2, 0.25) is 0 Å². The number of cyclic esters (lactones) is 2. The van der Waals surface area contributed by atoms with Crippen molar-refractivity contribution < 1.29 is 23.9 Å². The second-order valence-electron chi connectivity index (χ2n) is 5.11. The van der Waals surface area contributed by atoms with Gasteiger partial charge in [-0.1, -0.05) is 12.1 Å². The number of carbonyl (C=O) groups is 3. The molecule has 1 heterocycles. The molecule has 7 heteroatoms. The summed E-state index contributed by atoms with van der Waals surface area (Å²) in [4.78, 5) is 34.8. The minimum atomic E-state index is -1.28. The van der Waals surface area contributed by atoms with Gasteiger partial charge in [0, 0.05) is 27.0 Å². The van der Waals surface area contributed by atoms with Crippen molar-refractivity contribution in [2.24, 2.45) is 0 Å². The van der Waals surface area contributed by atoms with Gasteiger partial charge in [0.15, 0.2) is 5.57 Å². The first-order valence-corrected chi connectivity index (χ1v) is 6.58. The smallest absolute Gasteiger partial charge is 0.350 e.